The molecule has 1 saturated heterocycles. The van der Waals surface area contributed by atoms with E-state index in [1.165, 1.54) is 0 Å². The summed E-state index contributed by atoms with van der Waals surface area (Å²) < 4.78 is 8.18. The Morgan fingerprint density at radius 2 is 1.80 bits per heavy atom. The molecular formula is C11H13ClINO. The van der Waals surface area contributed by atoms with Crippen LogP contribution in [0.3, 0.4) is 0 Å². The molecule has 0 bridgehead atoms. The molecule has 4 heteroatoms. The summed E-state index contributed by atoms with van der Waals surface area (Å²) in [7, 11) is 0. The lowest BCUT2D eigenvalue weighted by Gasteiger charge is -2.27. The van der Waals surface area contributed by atoms with Crippen molar-refractivity contribution >= 4 is 34.5 Å². The molecule has 0 amide bonds. The molecule has 82 valence electrons. The average molecular weight is 338 g/mol. The number of rotatable bonds is 2. The normalized spacial score (nSPS) is 19.1. The van der Waals surface area contributed by atoms with E-state index in [0.29, 0.717) is 6.10 Å². The third-order valence-corrected chi connectivity index (χ3v) is 3.72. The van der Waals surface area contributed by atoms with Crippen LogP contribution in [0.1, 0.15) is 12.8 Å². The van der Waals surface area contributed by atoms with E-state index < -0.39 is 0 Å². The zero-order valence-corrected chi connectivity index (χ0v) is 11.2. The van der Waals surface area contributed by atoms with E-state index in [-0.39, 0.29) is 0 Å². The monoisotopic (exact) mass is 337 g/mol. The van der Waals surface area contributed by atoms with Gasteiger partial charge in [-0.25, -0.2) is 3.11 Å². The molecule has 2 rings (SSSR count). The fraction of sp³-hybridized carbons (Fsp3) is 0.455. The topological polar surface area (TPSA) is 12.5 Å². The van der Waals surface area contributed by atoms with E-state index in [1.807, 2.05) is 24.3 Å². The molecule has 0 saturated carbocycles. The van der Waals surface area contributed by atoms with Crippen LogP contribution >= 0.6 is 34.5 Å². The van der Waals surface area contributed by atoms with Crippen LogP contribution in [0.2, 0.25) is 5.02 Å². The molecule has 0 aromatic heterocycles. The van der Waals surface area contributed by atoms with E-state index in [4.69, 9.17) is 16.3 Å². The van der Waals surface area contributed by atoms with Gasteiger partial charge in [-0.05, 0) is 37.1 Å². The first-order chi connectivity index (χ1) is 7.24. The van der Waals surface area contributed by atoms with Crippen molar-refractivity contribution in [3.05, 3.63) is 29.3 Å². The molecule has 2 nitrogen and oxygen atoms in total. The largest absolute Gasteiger partial charge is 0.490 e. The van der Waals surface area contributed by atoms with E-state index >= 15 is 0 Å². The summed E-state index contributed by atoms with van der Waals surface area (Å²) in [5.74, 6) is 0.923. The second kappa shape index (κ2) is 5.37. The first kappa shape index (κ1) is 11.5. The van der Waals surface area contributed by atoms with Gasteiger partial charge in [-0.15, -0.1) is 0 Å². The van der Waals surface area contributed by atoms with Gasteiger partial charge in [-0.1, -0.05) is 11.6 Å². The summed E-state index contributed by atoms with van der Waals surface area (Å²) in [6.07, 6.45) is 2.56. The maximum atomic E-state index is 5.87. The predicted octanol–water partition coefficient (Wildman–Crippen LogP) is 3.53. The number of piperidine rings is 1. The van der Waals surface area contributed by atoms with Crippen LogP contribution in [0.4, 0.5) is 0 Å². The molecule has 1 aliphatic rings. The highest BCUT2D eigenvalue weighted by atomic mass is 127. The number of ether oxygens (including phenoxy) is 1. The van der Waals surface area contributed by atoms with E-state index in [2.05, 4.69) is 26.0 Å². The number of halogens is 2. The van der Waals surface area contributed by atoms with Crippen molar-refractivity contribution in [2.75, 3.05) is 13.1 Å². The molecule has 1 fully saturated rings. The quantitative estimate of drug-likeness (QED) is 0.605. The lowest BCUT2D eigenvalue weighted by atomic mass is 10.1. The molecule has 0 aliphatic carbocycles. The van der Waals surface area contributed by atoms with Crippen LogP contribution in [0.15, 0.2) is 24.3 Å². The van der Waals surface area contributed by atoms with Crippen LogP contribution in [-0.2, 0) is 0 Å². The van der Waals surface area contributed by atoms with Crippen molar-refractivity contribution in [1.29, 1.82) is 0 Å². The van der Waals surface area contributed by atoms with Gasteiger partial charge in [0.2, 0.25) is 0 Å². The molecule has 0 N–H and O–H groups in total. The molecule has 1 heterocycles. The van der Waals surface area contributed by atoms with Gasteiger partial charge in [-0.3, -0.25) is 0 Å². The van der Waals surface area contributed by atoms with Crippen molar-refractivity contribution in [2.45, 2.75) is 18.9 Å². The summed E-state index contributed by atoms with van der Waals surface area (Å²) in [6, 6.07) is 7.59. The lowest BCUT2D eigenvalue weighted by Crippen LogP contribution is -2.32. The third kappa shape index (κ3) is 3.50. The Balaban J connectivity index is 1.89. The van der Waals surface area contributed by atoms with Gasteiger partial charge < -0.3 is 4.74 Å². The SMILES string of the molecule is Clc1ccc(OC2CCN(I)CC2)cc1. The second-order valence-corrected chi connectivity index (χ2v) is 5.48. The highest BCUT2D eigenvalue weighted by Gasteiger charge is 2.18. The Morgan fingerprint density at radius 3 is 2.40 bits per heavy atom. The van der Waals surface area contributed by atoms with Gasteiger partial charge >= 0.3 is 0 Å². The molecular weight excluding hydrogens is 324 g/mol. The van der Waals surface area contributed by atoms with Crippen LogP contribution in [-0.4, -0.2) is 22.3 Å². The van der Waals surface area contributed by atoms with Crippen molar-refractivity contribution in [3.63, 3.8) is 0 Å². The lowest BCUT2D eigenvalue weighted by molar-refractivity contribution is 0.144. The fourth-order valence-electron chi connectivity index (χ4n) is 1.65. The molecule has 15 heavy (non-hydrogen) atoms. The molecule has 1 aromatic carbocycles. The van der Waals surface area contributed by atoms with Crippen LogP contribution < -0.4 is 4.74 Å². The zero-order chi connectivity index (χ0) is 10.7. The predicted molar refractivity (Wildman–Crippen MR) is 70.7 cm³/mol. The van der Waals surface area contributed by atoms with Crippen molar-refractivity contribution in [2.24, 2.45) is 0 Å². The Hall–Kier alpha value is -0.0000000000000000555. The first-order valence-corrected chi connectivity index (χ1v) is 6.41. The van der Waals surface area contributed by atoms with Crippen molar-refractivity contribution in [3.8, 4) is 5.75 Å². The summed E-state index contributed by atoms with van der Waals surface area (Å²) in [5, 5.41) is 0.754. The average Bonchev–Trinajstić information content (AvgIpc) is 2.25. The van der Waals surface area contributed by atoms with Gasteiger partial charge in [0.1, 0.15) is 11.9 Å². The van der Waals surface area contributed by atoms with E-state index in [9.17, 15) is 0 Å². The van der Waals surface area contributed by atoms with Gasteiger partial charge in [0, 0.05) is 41.0 Å². The van der Waals surface area contributed by atoms with E-state index in [0.717, 1.165) is 36.7 Å². The Bertz CT molecular complexity index is 309. The smallest absolute Gasteiger partial charge is 0.119 e. The number of benzene rings is 1. The Labute approximate surface area is 109 Å². The van der Waals surface area contributed by atoms with Crippen LogP contribution in [0, 0.1) is 0 Å². The number of hydrogen-bond donors (Lipinski definition) is 0. The van der Waals surface area contributed by atoms with Gasteiger partial charge in [0.25, 0.3) is 0 Å². The maximum absolute atomic E-state index is 5.87. The molecule has 0 unspecified atom stereocenters. The summed E-state index contributed by atoms with van der Waals surface area (Å²) in [4.78, 5) is 0. The van der Waals surface area contributed by atoms with Gasteiger partial charge in [-0.2, -0.15) is 0 Å². The molecule has 0 radical (unpaired) electrons. The highest BCUT2D eigenvalue weighted by molar-refractivity contribution is 14.1. The van der Waals surface area contributed by atoms with Crippen molar-refractivity contribution in [1.82, 2.24) is 3.11 Å². The molecule has 0 spiro atoms. The Morgan fingerprint density at radius 1 is 1.20 bits per heavy atom. The minimum absolute atomic E-state index is 0.359. The first-order valence-electron chi connectivity index (χ1n) is 5.07. The fourth-order valence-corrected chi connectivity index (χ4v) is 2.33. The second-order valence-electron chi connectivity index (χ2n) is 3.68. The third-order valence-electron chi connectivity index (χ3n) is 2.50. The van der Waals surface area contributed by atoms with Gasteiger partial charge in [0.15, 0.2) is 0 Å². The maximum Gasteiger partial charge on any atom is 0.119 e. The van der Waals surface area contributed by atoms with Crippen molar-refractivity contribution < 1.29 is 4.74 Å². The highest BCUT2D eigenvalue weighted by Crippen LogP contribution is 2.21. The minimum Gasteiger partial charge on any atom is -0.490 e. The Kier molecular flexibility index (Phi) is 4.11. The summed E-state index contributed by atoms with van der Waals surface area (Å²) >= 11 is 8.17. The summed E-state index contributed by atoms with van der Waals surface area (Å²) in [6.45, 7) is 2.22. The van der Waals surface area contributed by atoms with Crippen LogP contribution in [0.5, 0.6) is 5.75 Å². The molecule has 0 atom stereocenters. The van der Waals surface area contributed by atoms with E-state index in [1.54, 1.807) is 0 Å². The summed E-state index contributed by atoms with van der Waals surface area (Å²) in [5.41, 5.74) is 0. The molecule has 1 aromatic rings. The standard InChI is InChI=1S/C11H13ClINO/c12-9-1-3-10(4-2-9)15-11-5-7-14(13)8-6-11/h1-4,11H,5-8H2. The number of hydrogen-bond acceptors (Lipinski definition) is 2. The molecule has 1 aliphatic heterocycles. The van der Waals surface area contributed by atoms with Gasteiger partial charge in [0.05, 0.1) is 0 Å². The number of nitrogens with zero attached hydrogens (tertiary/aromatic N) is 1. The van der Waals surface area contributed by atoms with Crippen LogP contribution in [0.25, 0.3) is 0 Å². The minimum atomic E-state index is 0.359. The zero-order valence-electron chi connectivity index (χ0n) is 8.33.